The van der Waals surface area contributed by atoms with Gasteiger partial charge in [-0.25, -0.2) is 12.7 Å². The lowest BCUT2D eigenvalue weighted by Gasteiger charge is -2.17. The minimum Gasteiger partial charge on any atom is -0.355 e. The lowest BCUT2D eigenvalue weighted by molar-refractivity contribution is -0.120. The van der Waals surface area contributed by atoms with E-state index in [1.54, 1.807) is 0 Å². The Labute approximate surface area is 116 Å². The molecular formula is C12H25N3O3S. The van der Waals surface area contributed by atoms with E-state index in [9.17, 15) is 13.2 Å². The zero-order valence-electron chi connectivity index (χ0n) is 11.8. The zero-order valence-corrected chi connectivity index (χ0v) is 12.6. The second-order valence-corrected chi connectivity index (χ2v) is 7.01. The van der Waals surface area contributed by atoms with Crippen molar-refractivity contribution in [3.05, 3.63) is 0 Å². The highest BCUT2D eigenvalue weighted by atomic mass is 32.2. The van der Waals surface area contributed by atoms with Crippen LogP contribution in [0.1, 0.15) is 26.2 Å². The molecule has 0 aromatic rings. The summed E-state index contributed by atoms with van der Waals surface area (Å²) < 4.78 is 24.1. The molecule has 1 aliphatic rings. The van der Waals surface area contributed by atoms with Crippen molar-refractivity contribution >= 4 is 15.9 Å². The second-order valence-electron chi connectivity index (χ2n) is 5.03. The summed E-state index contributed by atoms with van der Waals surface area (Å²) in [5.74, 6) is 0.708. The van der Waals surface area contributed by atoms with Crippen LogP contribution in [-0.4, -0.2) is 57.6 Å². The van der Waals surface area contributed by atoms with Crippen LogP contribution in [0.4, 0.5) is 0 Å². The van der Waals surface area contributed by atoms with Gasteiger partial charge in [-0.15, -0.1) is 0 Å². The highest BCUT2D eigenvalue weighted by Gasteiger charge is 2.21. The molecule has 0 radical (unpaired) electrons. The summed E-state index contributed by atoms with van der Waals surface area (Å²) in [6.45, 7) is 4.53. The summed E-state index contributed by atoms with van der Waals surface area (Å²) in [6, 6.07) is 0. The average molecular weight is 291 g/mol. The first-order valence-corrected chi connectivity index (χ1v) is 8.71. The van der Waals surface area contributed by atoms with Gasteiger partial charge in [-0.1, -0.05) is 6.92 Å². The molecule has 1 amide bonds. The first-order chi connectivity index (χ1) is 8.93. The molecular weight excluding hydrogens is 266 g/mol. The van der Waals surface area contributed by atoms with Crippen molar-refractivity contribution in [2.45, 2.75) is 26.2 Å². The number of carbonyl (C=O) groups excluding carboxylic acids is 1. The third-order valence-corrected chi connectivity index (χ3v) is 4.53. The summed E-state index contributed by atoms with van der Waals surface area (Å²) in [4.78, 5) is 11.4. The van der Waals surface area contributed by atoms with Gasteiger partial charge >= 0.3 is 0 Å². The molecule has 6 nitrogen and oxygen atoms in total. The molecule has 0 aromatic carbocycles. The fourth-order valence-corrected chi connectivity index (χ4v) is 2.71. The highest BCUT2D eigenvalue weighted by Crippen LogP contribution is 2.27. The predicted molar refractivity (Wildman–Crippen MR) is 75.3 cm³/mol. The molecule has 2 N–H and O–H groups in total. The summed E-state index contributed by atoms with van der Waals surface area (Å²) in [6.07, 6.45) is 4.38. The Bertz CT molecular complexity index is 380. The lowest BCUT2D eigenvalue weighted by atomic mass is 10.4. The van der Waals surface area contributed by atoms with Crippen LogP contribution in [0.2, 0.25) is 0 Å². The van der Waals surface area contributed by atoms with Crippen LogP contribution < -0.4 is 10.6 Å². The predicted octanol–water partition coefficient (Wildman–Crippen LogP) is -0.226. The number of amides is 1. The molecule has 0 bridgehead atoms. The molecule has 0 aliphatic heterocycles. The van der Waals surface area contributed by atoms with Crippen molar-refractivity contribution < 1.29 is 13.2 Å². The maximum absolute atomic E-state index is 11.4. The molecule has 0 aromatic heterocycles. The van der Waals surface area contributed by atoms with E-state index in [0.29, 0.717) is 38.5 Å². The normalized spacial score (nSPS) is 15.7. The van der Waals surface area contributed by atoms with Gasteiger partial charge in [0.05, 0.1) is 12.8 Å². The van der Waals surface area contributed by atoms with Crippen LogP contribution in [0.3, 0.4) is 0 Å². The molecule has 19 heavy (non-hydrogen) atoms. The van der Waals surface area contributed by atoms with Gasteiger partial charge in [0.1, 0.15) is 0 Å². The number of nitrogens with zero attached hydrogens (tertiary/aromatic N) is 1. The Morgan fingerprint density at radius 1 is 1.37 bits per heavy atom. The highest BCUT2D eigenvalue weighted by molar-refractivity contribution is 7.88. The summed E-state index contributed by atoms with van der Waals surface area (Å²) in [5.41, 5.74) is 0. The van der Waals surface area contributed by atoms with Crippen molar-refractivity contribution in [1.82, 2.24) is 14.9 Å². The zero-order chi connectivity index (χ0) is 14.3. The van der Waals surface area contributed by atoms with E-state index in [1.165, 1.54) is 23.4 Å². The Kier molecular flexibility index (Phi) is 6.74. The van der Waals surface area contributed by atoms with Crippen LogP contribution >= 0.6 is 0 Å². The fourth-order valence-electron chi connectivity index (χ4n) is 1.78. The quantitative estimate of drug-likeness (QED) is 0.545. The summed E-state index contributed by atoms with van der Waals surface area (Å²) in [7, 11) is -3.10. The monoisotopic (exact) mass is 291 g/mol. The second kappa shape index (κ2) is 7.81. The van der Waals surface area contributed by atoms with Gasteiger partial charge in [-0.3, -0.25) is 4.79 Å². The smallest absolute Gasteiger partial charge is 0.233 e. The van der Waals surface area contributed by atoms with Gasteiger partial charge in [0.15, 0.2) is 0 Å². The molecule has 0 atom stereocenters. The van der Waals surface area contributed by atoms with Gasteiger partial charge < -0.3 is 10.6 Å². The topological polar surface area (TPSA) is 78.5 Å². The molecule has 0 heterocycles. The van der Waals surface area contributed by atoms with E-state index < -0.39 is 10.0 Å². The van der Waals surface area contributed by atoms with E-state index in [0.717, 1.165) is 6.54 Å². The third-order valence-electron chi connectivity index (χ3n) is 3.15. The van der Waals surface area contributed by atoms with Gasteiger partial charge in [0.2, 0.25) is 15.9 Å². The third kappa shape index (κ3) is 7.49. The Hall–Kier alpha value is -0.660. The van der Waals surface area contributed by atoms with E-state index in [-0.39, 0.29) is 5.91 Å². The molecule has 1 saturated carbocycles. The van der Waals surface area contributed by atoms with Crippen molar-refractivity contribution in [3.8, 4) is 0 Å². The number of carbonyl (C=O) groups is 1. The van der Waals surface area contributed by atoms with Gasteiger partial charge in [0, 0.05) is 19.6 Å². The van der Waals surface area contributed by atoms with E-state index in [2.05, 4.69) is 10.6 Å². The van der Waals surface area contributed by atoms with E-state index in [1.807, 2.05) is 6.92 Å². The summed E-state index contributed by atoms with van der Waals surface area (Å²) >= 11 is 0. The maximum atomic E-state index is 11.4. The van der Waals surface area contributed by atoms with E-state index in [4.69, 9.17) is 0 Å². The minimum absolute atomic E-state index is 0.0161. The van der Waals surface area contributed by atoms with Crippen LogP contribution in [-0.2, 0) is 14.8 Å². The van der Waals surface area contributed by atoms with Gasteiger partial charge in [-0.2, -0.15) is 0 Å². The average Bonchev–Trinajstić information content (AvgIpc) is 3.13. The molecule has 0 spiro atoms. The van der Waals surface area contributed by atoms with E-state index >= 15 is 0 Å². The molecule has 112 valence electrons. The van der Waals surface area contributed by atoms with Crippen molar-refractivity contribution in [2.75, 3.05) is 39.0 Å². The van der Waals surface area contributed by atoms with Gasteiger partial charge in [0.25, 0.3) is 0 Å². The molecule has 0 saturated heterocycles. The maximum Gasteiger partial charge on any atom is 0.233 e. The Balaban J connectivity index is 2.01. The van der Waals surface area contributed by atoms with Crippen molar-refractivity contribution in [1.29, 1.82) is 0 Å². The Morgan fingerprint density at radius 2 is 2.05 bits per heavy atom. The van der Waals surface area contributed by atoms with Crippen LogP contribution in [0.15, 0.2) is 0 Å². The number of rotatable bonds is 10. The molecule has 7 heteroatoms. The standard InChI is InChI=1S/C12H25N3O3S/c1-3-15(19(2,17)18)8-4-7-13-10-12(16)14-9-11-5-6-11/h11,13H,3-10H2,1-2H3,(H,14,16). The first-order valence-electron chi connectivity index (χ1n) is 6.86. The molecule has 1 rings (SSSR count). The van der Waals surface area contributed by atoms with Gasteiger partial charge in [-0.05, 0) is 31.7 Å². The number of nitrogens with one attached hydrogen (secondary N) is 2. The molecule has 1 fully saturated rings. The minimum atomic E-state index is -3.10. The first kappa shape index (κ1) is 16.4. The number of hydrogen-bond acceptors (Lipinski definition) is 4. The number of hydrogen-bond donors (Lipinski definition) is 2. The SMILES string of the molecule is CCN(CCCNCC(=O)NCC1CC1)S(C)(=O)=O. The fraction of sp³-hybridized carbons (Fsp3) is 0.917. The van der Waals surface area contributed by atoms with Crippen LogP contribution in [0.5, 0.6) is 0 Å². The summed E-state index contributed by atoms with van der Waals surface area (Å²) in [5, 5.41) is 5.90. The van der Waals surface area contributed by atoms with Crippen molar-refractivity contribution in [2.24, 2.45) is 5.92 Å². The van der Waals surface area contributed by atoms with Crippen LogP contribution in [0, 0.1) is 5.92 Å². The number of sulfonamides is 1. The molecule has 1 aliphatic carbocycles. The lowest BCUT2D eigenvalue weighted by Crippen LogP contribution is -2.37. The molecule has 0 unspecified atom stereocenters. The largest absolute Gasteiger partial charge is 0.355 e. The van der Waals surface area contributed by atoms with Crippen molar-refractivity contribution in [3.63, 3.8) is 0 Å². The Morgan fingerprint density at radius 3 is 2.58 bits per heavy atom. The van der Waals surface area contributed by atoms with Crippen LogP contribution in [0.25, 0.3) is 0 Å².